The molecule has 0 atom stereocenters. The number of hydrogen-bond donors (Lipinski definition) is 2. The van der Waals surface area contributed by atoms with Gasteiger partial charge in [0.05, 0.1) is 17.9 Å². The monoisotopic (exact) mass is 401 g/mol. The first-order valence-corrected chi connectivity index (χ1v) is 9.74. The van der Waals surface area contributed by atoms with Crippen LogP contribution in [0, 0.1) is 0 Å². The maximum atomic E-state index is 13.1. The Balaban J connectivity index is 1.58. The van der Waals surface area contributed by atoms with Crippen molar-refractivity contribution in [2.24, 2.45) is 5.10 Å². The summed E-state index contributed by atoms with van der Waals surface area (Å²) in [6.45, 7) is 6.47. The summed E-state index contributed by atoms with van der Waals surface area (Å²) in [4.78, 5) is 27.3. The zero-order chi connectivity index (χ0) is 21.3. The third-order valence-electron chi connectivity index (χ3n) is 4.94. The van der Waals surface area contributed by atoms with Crippen molar-refractivity contribution in [3.05, 3.63) is 83.2 Å². The summed E-state index contributed by atoms with van der Waals surface area (Å²) >= 11 is 0. The number of amides is 2. The minimum absolute atomic E-state index is 0.181. The lowest BCUT2D eigenvalue weighted by atomic mass is 9.92. The molecule has 7 heteroatoms. The summed E-state index contributed by atoms with van der Waals surface area (Å²) in [5, 5.41) is 11.1. The summed E-state index contributed by atoms with van der Waals surface area (Å²) in [7, 11) is 0. The van der Waals surface area contributed by atoms with Crippen LogP contribution >= 0.6 is 0 Å². The predicted molar refractivity (Wildman–Crippen MR) is 115 cm³/mol. The van der Waals surface area contributed by atoms with E-state index >= 15 is 0 Å². The van der Waals surface area contributed by atoms with Crippen LogP contribution in [0.1, 0.15) is 48.1 Å². The van der Waals surface area contributed by atoms with Gasteiger partial charge in [0.1, 0.15) is 5.69 Å². The van der Waals surface area contributed by atoms with Crippen LogP contribution in [0.2, 0.25) is 0 Å². The minimum Gasteiger partial charge on any atom is -0.302 e. The molecule has 1 aliphatic rings. The molecule has 0 bridgehead atoms. The third kappa shape index (κ3) is 3.74. The highest BCUT2D eigenvalue weighted by Crippen LogP contribution is 2.30. The Kier molecular flexibility index (Phi) is 4.95. The quantitative estimate of drug-likeness (QED) is 0.657. The number of aromatic amines is 1. The van der Waals surface area contributed by atoms with E-state index in [-0.39, 0.29) is 17.0 Å². The van der Waals surface area contributed by atoms with E-state index in [2.05, 4.69) is 20.7 Å². The van der Waals surface area contributed by atoms with Crippen molar-refractivity contribution in [1.82, 2.24) is 15.6 Å². The molecule has 0 spiro atoms. The summed E-state index contributed by atoms with van der Waals surface area (Å²) in [6.07, 6.45) is 0. The van der Waals surface area contributed by atoms with Gasteiger partial charge in [-0.05, 0) is 17.7 Å². The second-order valence-electron chi connectivity index (χ2n) is 8.21. The highest BCUT2D eigenvalue weighted by Gasteiger charge is 2.34. The number of benzene rings is 2. The Morgan fingerprint density at radius 2 is 1.80 bits per heavy atom. The fourth-order valence-corrected chi connectivity index (χ4v) is 3.28. The number of fused-ring (bicyclic) bond motifs is 1. The zero-order valence-electron chi connectivity index (χ0n) is 17.1. The van der Waals surface area contributed by atoms with Crippen LogP contribution in [0.5, 0.6) is 0 Å². The Bertz CT molecular complexity index is 1130. The SMILES string of the molecule is CC(C)(C)c1cc(C(=O)N/N=C2\C(=O)N(Cc3ccccc3)c3ccccc32)[nH]n1. The first kappa shape index (κ1) is 19.6. The molecule has 0 fully saturated rings. The molecule has 0 radical (unpaired) electrons. The Morgan fingerprint density at radius 3 is 2.50 bits per heavy atom. The van der Waals surface area contributed by atoms with Crippen molar-refractivity contribution >= 4 is 23.2 Å². The number of nitrogens with zero attached hydrogens (tertiary/aromatic N) is 3. The largest absolute Gasteiger partial charge is 0.302 e. The van der Waals surface area contributed by atoms with E-state index in [1.54, 1.807) is 11.0 Å². The van der Waals surface area contributed by atoms with Crippen molar-refractivity contribution in [3.63, 3.8) is 0 Å². The summed E-state index contributed by atoms with van der Waals surface area (Å²) in [5.41, 5.74) is 6.07. The van der Waals surface area contributed by atoms with Gasteiger partial charge < -0.3 is 4.90 Å². The fraction of sp³-hybridized carbons (Fsp3) is 0.217. The van der Waals surface area contributed by atoms with Crippen LogP contribution in [-0.2, 0) is 16.8 Å². The van der Waals surface area contributed by atoms with Crippen LogP contribution in [0.4, 0.5) is 5.69 Å². The Labute approximate surface area is 174 Å². The van der Waals surface area contributed by atoms with Gasteiger partial charge in [-0.15, -0.1) is 0 Å². The number of anilines is 1. The molecule has 1 aliphatic heterocycles. The molecule has 2 N–H and O–H groups in total. The van der Waals surface area contributed by atoms with Gasteiger partial charge in [0.15, 0.2) is 5.71 Å². The molecule has 0 saturated carbocycles. The predicted octanol–water partition coefficient (Wildman–Crippen LogP) is 3.39. The highest BCUT2D eigenvalue weighted by atomic mass is 16.2. The van der Waals surface area contributed by atoms with E-state index < -0.39 is 5.91 Å². The van der Waals surface area contributed by atoms with Gasteiger partial charge in [0, 0.05) is 11.0 Å². The van der Waals surface area contributed by atoms with Gasteiger partial charge in [0.2, 0.25) is 0 Å². The average Bonchev–Trinajstić information content (AvgIpc) is 3.32. The molecule has 0 aliphatic carbocycles. The van der Waals surface area contributed by atoms with E-state index in [0.717, 1.165) is 16.9 Å². The minimum atomic E-state index is -0.447. The van der Waals surface area contributed by atoms with Gasteiger partial charge >= 0.3 is 0 Å². The Morgan fingerprint density at radius 1 is 1.10 bits per heavy atom. The van der Waals surface area contributed by atoms with Crippen molar-refractivity contribution in [2.45, 2.75) is 32.7 Å². The number of para-hydroxylation sites is 1. The molecular formula is C23H23N5O2. The second-order valence-corrected chi connectivity index (χ2v) is 8.21. The second kappa shape index (κ2) is 7.59. The number of hydrazone groups is 1. The van der Waals surface area contributed by atoms with E-state index in [1.165, 1.54) is 0 Å². The van der Waals surface area contributed by atoms with Gasteiger partial charge in [-0.1, -0.05) is 69.3 Å². The molecule has 4 rings (SSSR count). The molecular weight excluding hydrogens is 378 g/mol. The van der Waals surface area contributed by atoms with Crippen molar-refractivity contribution in [3.8, 4) is 0 Å². The lowest BCUT2D eigenvalue weighted by Gasteiger charge is -2.16. The van der Waals surface area contributed by atoms with Crippen LogP contribution in [0.25, 0.3) is 0 Å². The number of nitrogens with one attached hydrogen (secondary N) is 2. The van der Waals surface area contributed by atoms with Gasteiger partial charge in [-0.3, -0.25) is 14.7 Å². The molecule has 0 unspecified atom stereocenters. The lowest BCUT2D eigenvalue weighted by molar-refractivity contribution is -0.112. The van der Waals surface area contributed by atoms with E-state index in [9.17, 15) is 9.59 Å². The fourth-order valence-electron chi connectivity index (χ4n) is 3.28. The number of hydrogen-bond acceptors (Lipinski definition) is 4. The number of aromatic nitrogens is 2. The van der Waals surface area contributed by atoms with Gasteiger partial charge in [0.25, 0.3) is 11.8 Å². The van der Waals surface area contributed by atoms with Gasteiger partial charge in [-0.25, -0.2) is 5.43 Å². The van der Waals surface area contributed by atoms with Crippen molar-refractivity contribution < 1.29 is 9.59 Å². The summed E-state index contributed by atoms with van der Waals surface area (Å²) in [6, 6.07) is 18.9. The van der Waals surface area contributed by atoms with Crippen LogP contribution in [0.15, 0.2) is 65.8 Å². The van der Waals surface area contributed by atoms with Crippen LogP contribution in [0.3, 0.4) is 0 Å². The topological polar surface area (TPSA) is 90.5 Å². The number of H-pyrrole nitrogens is 1. The van der Waals surface area contributed by atoms with E-state index in [0.29, 0.717) is 17.8 Å². The number of rotatable bonds is 4. The maximum Gasteiger partial charge on any atom is 0.289 e. The molecule has 7 nitrogen and oxygen atoms in total. The molecule has 2 amide bonds. The van der Waals surface area contributed by atoms with Crippen molar-refractivity contribution in [2.75, 3.05) is 4.90 Å². The number of carbonyl (C=O) groups excluding carboxylic acids is 2. The summed E-state index contributed by atoms with van der Waals surface area (Å²) in [5.74, 6) is -0.697. The molecule has 2 heterocycles. The average molecular weight is 401 g/mol. The van der Waals surface area contributed by atoms with E-state index in [1.807, 2.05) is 75.4 Å². The zero-order valence-corrected chi connectivity index (χ0v) is 17.1. The third-order valence-corrected chi connectivity index (χ3v) is 4.94. The van der Waals surface area contributed by atoms with Crippen molar-refractivity contribution in [1.29, 1.82) is 0 Å². The molecule has 1 aromatic heterocycles. The standard InChI is InChI=1S/C23H23N5O2/c1-23(2,3)19-13-17(24-25-19)21(29)27-26-20-16-11-7-8-12-18(16)28(22(20)30)14-15-9-5-4-6-10-15/h4-13H,14H2,1-3H3,(H,24,25)(H,27,29)/b26-20-. The molecule has 2 aromatic carbocycles. The van der Waals surface area contributed by atoms with Gasteiger partial charge in [-0.2, -0.15) is 10.2 Å². The maximum absolute atomic E-state index is 13.1. The highest BCUT2D eigenvalue weighted by molar-refractivity contribution is 6.54. The van der Waals surface area contributed by atoms with Crippen LogP contribution < -0.4 is 10.3 Å². The molecule has 3 aromatic rings. The number of carbonyl (C=O) groups is 2. The normalized spacial score (nSPS) is 14.8. The van der Waals surface area contributed by atoms with E-state index in [4.69, 9.17) is 0 Å². The van der Waals surface area contributed by atoms with Crippen LogP contribution in [-0.4, -0.2) is 27.7 Å². The summed E-state index contributed by atoms with van der Waals surface area (Å²) < 4.78 is 0. The lowest BCUT2D eigenvalue weighted by Crippen LogP contribution is -2.31. The first-order valence-electron chi connectivity index (χ1n) is 9.74. The molecule has 0 saturated heterocycles. The smallest absolute Gasteiger partial charge is 0.289 e. The Hall–Kier alpha value is -3.74. The first-order chi connectivity index (χ1) is 14.3. The molecule has 30 heavy (non-hydrogen) atoms. The molecule has 152 valence electrons.